The van der Waals surface area contributed by atoms with Gasteiger partial charge in [-0.3, -0.25) is 0 Å². The fourth-order valence-electron chi connectivity index (χ4n) is 1.75. The van der Waals surface area contributed by atoms with Crippen molar-refractivity contribution >= 4 is 0 Å². The summed E-state index contributed by atoms with van der Waals surface area (Å²) in [6.45, 7) is 2.07. The van der Waals surface area contributed by atoms with Gasteiger partial charge in [0.15, 0.2) is 0 Å². The van der Waals surface area contributed by atoms with Gasteiger partial charge in [0, 0.05) is 6.42 Å². The number of aryl methyl sites for hydroxylation is 1. The highest BCUT2D eigenvalue weighted by molar-refractivity contribution is 5.19. The Morgan fingerprint density at radius 2 is 1.88 bits per heavy atom. The first-order valence-corrected chi connectivity index (χ1v) is 5.67. The lowest BCUT2D eigenvalue weighted by Gasteiger charge is -2.08. The second-order valence-corrected chi connectivity index (χ2v) is 3.95. The number of rotatable bonds is 4. The minimum absolute atomic E-state index is 0.0531. The predicted molar refractivity (Wildman–Crippen MR) is 65.2 cm³/mol. The summed E-state index contributed by atoms with van der Waals surface area (Å²) in [4.78, 5) is 0. The van der Waals surface area contributed by atoms with E-state index in [0.717, 1.165) is 24.4 Å². The van der Waals surface area contributed by atoms with E-state index in [1.165, 1.54) is 5.56 Å². The molecule has 1 atom stereocenters. The summed E-state index contributed by atoms with van der Waals surface area (Å²) in [5.41, 5.74) is 7.34. The third kappa shape index (κ3) is 2.52. The molecule has 1 aromatic carbocycles. The van der Waals surface area contributed by atoms with Gasteiger partial charge in [0.25, 0.3) is 0 Å². The van der Waals surface area contributed by atoms with E-state index < -0.39 is 0 Å². The van der Waals surface area contributed by atoms with Crippen LogP contribution in [0.25, 0.3) is 0 Å². The van der Waals surface area contributed by atoms with E-state index in [9.17, 15) is 0 Å². The van der Waals surface area contributed by atoms with Crippen molar-refractivity contribution in [3.8, 4) is 0 Å². The summed E-state index contributed by atoms with van der Waals surface area (Å²) >= 11 is 0. The van der Waals surface area contributed by atoms with Gasteiger partial charge < -0.3 is 10.2 Å². The van der Waals surface area contributed by atoms with Crippen molar-refractivity contribution in [2.75, 3.05) is 0 Å². The average molecular weight is 215 g/mol. The molecule has 2 aromatic rings. The predicted octanol–water partition coefficient (Wildman–Crippen LogP) is 3.08. The van der Waals surface area contributed by atoms with E-state index in [1.807, 2.05) is 30.3 Å². The molecule has 0 aliphatic heterocycles. The molecule has 0 radical (unpaired) electrons. The third-order valence-corrected chi connectivity index (χ3v) is 2.69. The van der Waals surface area contributed by atoms with E-state index in [0.29, 0.717) is 0 Å². The maximum absolute atomic E-state index is 6.10. The first kappa shape index (κ1) is 11.0. The van der Waals surface area contributed by atoms with Crippen LogP contribution in [0.1, 0.15) is 30.0 Å². The summed E-state index contributed by atoms with van der Waals surface area (Å²) in [5, 5.41) is 0. The first-order valence-electron chi connectivity index (χ1n) is 5.67. The molecule has 2 N–H and O–H groups in total. The molecule has 0 spiro atoms. The van der Waals surface area contributed by atoms with Gasteiger partial charge in [-0.1, -0.05) is 37.3 Å². The van der Waals surface area contributed by atoms with Crippen LogP contribution < -0.4 is 5.73 Å². The fraction of sp³-hybridized carbons (Fsp3) is 0.286. The number of benzene rings is 1. The summed E-state index contributed by atoms with van der Waals surface area (Å²) < 4.78 is 5.64. The highest BCUT2D eigenvalue weighted by Gasteiger charge is 2.10. The molecule has 1 heterocycles. The smallest absolute Gasteiger partial charge is 0.121 e. The van der Waals surface area contributed by atoms with Crippen LogP contribution in [0.2, 0.25) is 0 Å². The molecule has 2 nitrogen and oxygen atoms in total. The second-order valence-electron chi connectivity index (χ2n) is 3.95. The van der Waals surface area contributed by atoms with Gasteiger partial charge in [-0.05, 0) is 24.1 Å². The molecule has 0 aliphatic carbocycles. The zero-order valence-electron chi connectivity index (χ0n) is 9.52. The summed E-state index contributed by atoms with van der Waals surface area (Å²) in [6, 6.07) is 14.2. The van der Waals surface area contributed by atoms with Crippen molar-refractivity contribution < 1.29 is 4.42 Å². The highest BCUT2D eigenvalue weighted by Crippen LogP contribution is 2.18. The molecule has 0 amide bonds. The molecule has 0 saturated carbocycles. The Hall–Kier alpha value is -1.54. The molecule has 16 heavy (non-hydrogen) atoms. The normalized spacial score (nSPS) is 12.6. The van der Waals surface area contributed by atoms with Crippen LogP contribution in [0.3, 0.4) is 0 Å². The maximum atomic E-state index is 6.10. The lowest BCUT2D eigenvalue weighted by Crippen LogP contribution is -2.12. The molecular formula is C14H17NO. The van der Waals surface area contributed by atoms with E-state index >= 15 is 0 Å². The Labute approximate surface area is 96.1 Å². The van der Waals surface area contributed by atoms with Crippen molar-refractivity contribution in [1.82, 2.24) is 0 Å². The summed E-state index contributed by atoms with van der Waals surface area (Å²) in [5.74, 6) is 1.87. The van der Waals surface area contributed by atoms with Gasteiger partial charge in [0.2, 0.25) is 0 Å². The third-order valence-electron chi connectivity index (χ3n) is 2.69. The molecule has 1 unspecified atom stereocenters. The Morgan fingerprint density at radius 1 is 1.12 bits per heavy atom. The maximum Gasteiger partial charge on any atom is 0.121 e. The number of furan rings is 1. The second kappa shape index (κ2) is 4.99. The van der Waals surface area contributed by atoms with Crippen molar-refractivity contribution in [1.29, 1.82) is 0 Å². The highest BCUT2D eigenvalue weighted by atomic mass is 16.3. The molecule has 2 heteroatoms. The van der Waals surface area contributed by atoms with Crippen LogP contribution in [0.15, 0.2) is 46.9 Å². The van der Waals surface area contributed by atoms with Gasteiger partial charge >= 0.3 is 0 Å². The molecule has 0 saturated heterocycles. The topological polar surface area (TPSA) is 39.2 Å². The number of nitrogens with two attached hydrogens (primary N) is 1. The average Bonchev–Trinajstić information content (AvgIpc) is 2.79. The van der Waals surface area contributed by atoms with Gasteiger partial charge in [0.05, 0.1) is 6.04 Å². The van der Waals surface area contributed by atoms with Gasteiger partial charge in [-0.25, -0.2) is 0 Å². The van der Waals surface area contributed by atoms with E-state index in [2.05, 4.69) is 19.1 Å². The van der Waals surface area contributed by atoms with Gasteiger partial charge in [0.1, 0.15) is 11.5 Å². The molecule has 0 bridgehead atoms. The lowest BCUT2D eigenvalue weighted by molar-refractivity contribution is 0.434. The fourth-order valence-corrected chi connectivity index (χ4v) is 1.75. The van der Waals surface area contributed by atoms with E-state index in [-0.39, 0.29) is 6.04 Å². The molecule has 84 valence electrons. The number of hydrogen-bond donors (Lipinski definition) is 1. The zero-order valence-corrected chi connectivity index (χ0v) is 9.52. The van der Waals surface area contributed by atoms with Crippen LogP contribution >= 0.6 is 0 Å². The van der Waals surface area contributed by atoms with Crippen molar-refractivity contribution in [2.24, 2.45) is 5.73 Å². The molecule has 2 rings (SSSR count). The number of hydrogen-bond acceptors (Lipinski definition) is 2. The van der Waals surface area contributed by atoms with Crippen LogP contribution in [-0.4, -0.2) is 0 Å². The standard InChI is InChI=1S/C14H17NO/c1-2-12-8-9-14(16-12)13(15)10-11-6-4-3-5-7-11/h3-9,13H,2,10,15H2,1H3. The van der Waals surface area contributed by atoms with Crippen molar-refractivity contribution in [3.05, 3.63) is 59.5 Å². The van der Waals surface area contributed by atoms with Crippen LogP contribution in [0.5, 0.6) is 0 Å². The minimum Gasteiger partial charge on any atom is -0.464 e. The monoisotopic (exact) mass is 215 g/mol. The van der Waals surface area contributed by atoms with Crippen LogP contribution in [-0.2, 0) is 12.8 Å². The van der Waals surface area contributed by atoms with Gasteiger partial charge in [-0.2, -0.15) is 0 Å². The van der Waals surface area contributed by atoms with Crippen molar-refractivity contribution in [2.45, 2.75) is 25.8 Å². The lowest BCUT2D eigenvalue weighted by atomic mass is 10.1. The van der Waals surface area contributed by atoms with E-state index in [4.69, 9.17) is 10.2 Å². The summed E-state index contributed by atoms with van der Waals surface area (Å²) in [6.07, 6.45) is 1.73. The molecule has 0 fully saturated rings. The Balaban J connectivity index is 2.05. The molecule has 1 aromatic heterocycles. The zero-order chi connectivity index (χ0) is 11.4. The van der Waals surface area contributed by atoms with Crippen LogP contribution in [0.4, 0.5) is 0 Å². The molecular weight excluding hydrogens is 198 g/mol. The Bertz CT molecular complexity index is 433. The first-order chi connectivity index (χ1) is 7.79. The minimum atomic E-state index is -0.0531. The van der Waals surface area contributed by atoms with E-state index in [1.54, 1.807) is 0 Å². The van der Waals surface area contributed by atoms with Crippen molar-refractivity contribution in [3.63, 3.8) is 0 Å². The molecule has 0 aliphatic rings. The van der Waals surface area contributed by atoms with Crippen LogP contribution in [0, 0.1) is 0 Å². The summed E-state index contributed by atoms with van der Waals surface area (Å²) in [7, 11) is 0. The van der Waals surface area contributed by atoms with Gasteiger partial charge in [-0.15, -0.1) is 0 Å². The Kier molecular flexibility index (Phi) is 3.42. The largest absolute Gasteiger partial charge is 0.464 e. The Morgan fingerprint density at radius 3 is 2.50 bits per heavy atom. The SMILES string of the molecule is CCc1ccc(C(N)Cc2ccccc2)o1. The quantitative estimate of drug-likeness (QED) is 0.851.